The first-order valence-electron chi connectivity index (χ1n) is 11.6. The number of anilines is 1. The van der Waals surface area contributed by atoms with Gasteiger partial charge in [0, 0.05) is 30.9 Å². The van der Waals surface area contributed by atoms with E-state index in [1.807, 2.05) is 20.8 Å². The van der Waals surface area contributed by atoms with Crippen molar-refractivity contribution in [3.63, 3.8) is 0 Å². The lowest BCUT2D eigenvalue weighted by Crippen LogP contribution is -2.47. The minimum Gasteiger partial charge on any atom is -0.444 e. The topological polar surface area (TPSA) is 105 Å². The van der Waals surface area contributed by atoms with Crippen LogP contribution in [0.1, 0.15) is 46.1 Å². The van der Waals surface area contributed by atoms with Crippen molar-refractivity contribution in [2.45, 2.75) is 64.0 Å². The fourth-order valence-electron chi connectivity index (χ4n) is 3.98. The molecule has 9 nitrogen and oxygen atoms in total. The molecule has 2 atom stereocenters. The van der Waals surface area contributed by atoms with Gasteiger partial charge >= 0.3 is 12.3 Å². The van der Waals surface area contributed by atoms with Gasteiger partial charge in [-0.25, -0.2) is 14.8 Å². The third-order valence-electron chi connectivity index (χ3n) is 5.94. The second-order valence-corrected chi connectivity index (χ2v) is 10.1. The second-order valence-electron chi connectivity index (χ2n) is 10.1. The molecule has 0 aliphatic carbocycles. The van der Waals surface area contributed by atoms with Crippen LogP contribution in [0.25, 0.3) is 17.0 Å². The summed E-state index contributed by atoms with van der Waals surface area (Å²) in [7, 11) is 0. The smallest absolute Gasteiger partial charge is 0.421 e. The van der Waals surface area contributed by atoms with E-state index in [9.17, 15) is 23.1 Å². The van der Waals surface area contributed by atoms with E-state index < -0.39 is 17.4 Å². The molecule has 0 spiro atoms. The van der Waals surface area contributed by atoms with Crippen LogP contribution < -0.4 is 5.32 Å². The Morgan fingerprint density at radius 3 is 2.61 bits per heavy atom. The molecule has 194 valence electrons. The van der Waals surface area contributed by atoms with Crippen LogP contribution in [0.5, 0.6) is 0 Å². The highest BCUT2D eigenvalue weighted by molar-refractivity contribution is 5.68. The number of imidazole rings is 1. The zero-order chi connectivity index (χ0) is 26.3. The summed E-state index contributed by atoms with van der Waals surface area (Å²) in [5, 5.41) is 13.4. The number of fused-ring (bicyclic) bond motifs is 1. The van der Waals surface area contributed by atoms with Gasteiger partial charge in [-0.2, -0.15) is 13.2 Å². The molecule has 1 aliphatic rings. The standard InChI is InChI=1S/C24H29F3N6O3/c1-22(2,3)36-21(34)32-9-5-6-16(14-32)30-19-12-28-10-17(31-19)18-11-29-20-8-7-15(13-33(18)20)23(4,35)24(25,26)27/h7-8,10-13,16,35H,5-6,9,14H2,1-4H3,(H,30,31)/t16-,23?/m1/s1. The van der Waals surface area contributed by atoms with Crippen LogP contribution in [-0.4, -0.2) is 66.4 Å². The highest BCUT2D eigenvalue weighted by atomic mass is 19.4. The van der Waals surface area contributed by atoms with Crippen molar-refractivity contribution in [1.29, 1.82) is 0 Å². The predicted octanol–water partition coefficient (Wildman–Crippen LogP) is 4.37. The molecule has 4 heterocycles. The number of hydrogen-bond acceptors (Lipinski definition) is 7. The molecule has 36 heavy (non-hydrogen) atoms. The number of aliphatic hydroxyl groups is 1. The fourth-order valence-corrected chi connectivity index (χ4v) is 3.98. The van der Waals surface area contributed by atoms with Gasteiger partial charge in [0.15, 0.2) is 5.60 Å². The first-order valence-corrected chi connectivity index (χ1v) is 11.6. The lowest BCUT2D eigenvalue weighted by Gasteiger charge is -2.34. The van der Waals surface area contributed by atoms with E-state index in [2.05, 4.69) is 20.3 Å². The van der Waals surface area contributed by atoms with Crippen molar-refractivity contribution in [2.75, 3.05) is 18.4 Å². The summed E-state index contributed by atoms with van der Waals surface area (Å²) < 4.78 is 47.0. The second kappa shape index (κ2) is 9.23. The minimum atomic E-state index is -4.85. The molecule has 1 fully saturated rings. The molecule has 3 aromatic rings. The maximum atomic E-state index is 13.4. The molecule has 3 aromatic heterocycles. The Bertz CT molecular complexity index is 1250. The number of nitrogens with zero attached hydrogens (tertiary/aromatic N) is 5. The first-order chi connectivity index (χ1) is 16.7. The molecule has 0 saturated carbocycles. The van der Waals surface area contributed by atoms with Crippen molar-refractivity contribution in [1.82, 2.24) is 24.3 Å². The lowest BCUT2D eigenvalue weighted by molar-refractivity contribution is -0.259. The Kier molecular flexibility index (Phi) is 6.58. The van der Waals surface area contributed by atoms with Crippen molar-refractivity contribution in [3.05, 3.63) is 42.5 Å². The van der Waals surface area contributed by atoms with Crippen LogP contribution in [-0.2, 0) is 10.3 Å². The van der Waals surface area contributed by atoms with Crippen LogP contribution in [0, 0.1) is 0 Å². The van der Waals surface area contributed by atoms with Gasteiger partial charge in [0.25, 0.3) is 0 Å². The Labute approximate surface area is 206 Å². The number of rotatable bonds is 4. The van der Waals surface area contributed by atoms with Gasteiger partial charge in [0.05, 0.1) is 24.3 Å². The number of amides is 1. The molecule has 1 amide bonds. The van der Waals surface area contributed by atoms with E-state index in [-0.39, 0.29) is 17.7 Å². The summed E-state index contributed by atoms with van der Waals surface area (Å²) in [5.41, 5.74) is -2.74. The van der Waals surface area contributed by atoms with Crippen molar-refractivity contribution < 1.29 is 27.8 Å². The maximum Gasteiger partial charge on any atom is 0.421 e. The zero-order valence-electron chi connectivity index (χ0n) is 20.5. The number of hydrogen-bond donors (Lipinski definition) is 2. The van der Waals surface area contributed by atoms with Gasteiger partial charge < -0.3 is 20.1 Å². The first kappa shape index (κ1) is 25.7. The van der Waals surface area contributed by atoms with Crippen LogP contribution in [0.3, 0.4) is 0 Å². The van der Waals surface area contributed by atoms with Gasteiger partial charge in [0.1, 0.15) is 22.8 Å². The number of carbonyl (C=O) groups excluding carboxylic acids is 1. The summed E-state index contributed by atoms with van der Waals surface area (Å²) in [5.74, 6) is 0.455. The third-order valence-corrected chi connectivity index (χ3v) is 5.94. The van der Waals surface area contributed by atoms with E-state index in [1.165, 1.54) is 35.1 Å². The number of ether oxygens (including phenoxy) is 1. The molecule has 2 N–H and O–H groups in total. The number of carbonyl (C=O) groups is 1. The molecule has 0 bridgehead atoms. The van der Waals surface area contributed by atoms with E-state index in [0.717, 1.165) is 12.8 Å². The number of nitrogens with one attached hydrogen (secondary N) is 1. The zero-order valence-corrected chi connectivity index (χ0v) is 20.5. The number of halogens is 3. The lowest BCUT2D eigenvalue weighted by atomic mass is 9.97. The summed E-state index contributed by atoms with van der Waals surface area (Å²) in [6.45, 7) is 7.20. The number of pyridine rings is 1. The Hall–Kier alpha value is -3.41. The van der Waals surface area contributed by atoms with Crippen LogP contribution >= 0.6 is 0 Å². The Morgan fingerprint density at radius 1 is 1.17 bits per heavy atom. The number of piperidine rings is 1. The molecule has 1 unspecified atom stereocenters. The molecule has 0 radical (unpaired) electrons. The highest BCUT2D eigenvalue weighted by Gasteiger charge is 2.51. The van der Waals surface area contributed by atoms with Crippen LogP contribution in [0.4, 0.5) is 23.8 Å². The van der Waals surface area contributed by atoms with Gasteiger partial charge in [-0.1, -0.05) is 6.07 Å². The van der Waals surface area contributed by atoms with Crippen molar-refractivity contribution >= 4 is 17.6 Å². The van der Waals surface area contributed by atoms with Crippen molar-refractivity contribution in [3.8, 4) is 11.4 Å². The molecule has 12 heteroatoms. The van der Waals surface area contributed by atoms with Crippen molar-refractivity contribution in [2.24, 2.45) is 0 Å². The summed E-state index contributed by atoms with van der Waals surface area (Å²) in [6, 6.07) is 2.52. The summed E-state index contributed by atoms with van der Waals surface area (Å²) in [4.78, 5) is 27.1. The van der Waals surface area contributed by atoms with Gasteiger partial charge in [-0.05, 0) is 46.6 Å². The number of likely N-dealkylation sites (tertiary alicyclic amines) is 1. The molecule has 4 rings (SSSR count). The van der Waals surface area contributed by atoms with Gasteiger partial charge in [-0.15, -0.1) is 0 Å². The monoisotopic (exact) mass is 506 g/mol. The average Bonchev–Trinajstić information content (AvgIpc) is 3.21. The SMILES string of the molecule is CC(C)(C)OC(=O)N1CCC[C@@H](Nc2cncc(-c3cnc4ccc(C(C)(O)C(F)(F)F)cn34)n2)C1. The number of aromatic nitrogens is 4. The van der Waals surface area contributed by atoms with E-state index >= 15 is 0 Å². The normalized spacial score (nSPS) is 18.7. The van der Waals surface area contributed by atoms with E-state index in [0.29, 0.717) is 42.9 Å². The van der Waals surface area contributed by atoms with Crippen LogP contribution in [0.2, 0.25) is 0 Å². The largest absolute Gasteiger partial charge is 0.444 e. The number of alkyl halides is 3. The third kappa shape index (κ3) is 5.38. The van der Waals surface area contributed by atoms with E-state index in [4.69, 9.17) is 4.74 Å². The molecule has 1 saturated heterocycles. The molecular weight excluding hydrogens is 477 g/mol. The van der Waals surface area contributed by atoms with Gasteiger partial charge in [-0.3, -0.25) is 9.38 Å². The predicted molar refractivity (Wildman–Crippen MR) is 126 cm³/mol. The van der Waals surface area contributed by atoms with E-state index in [1.54, 1.807) is 11.1 Å². The average molecular weight is 507 g/mol. The Balaban J connectivity index is 1.55. The molecule has 0 aromatic carbocycles. The minimum absolute atomic E-state index is 0.0773. The van der Waals surface area contributed by atoms with Crippen LogP contribution in [0.15, 0.2) is 36.9 Å². The van der Waals surface area contributed by atoms with Gasteiger partial charge in [0.2, 0.25) is 0 Å². The maximum absolute atomic E-state index is 13.4. The quantitative estimate of drug-likeness (QED) is 0.541. The summed E-state index contributed by atoms with van der Waals surface area (Å²) in [6.07, 6.45) is 2.10. The fraction of sp³-hybridized carbons (Fsp3) is 0.500. The Morgan fingerprint density at radius 2 is 1.92 bits per heavy atom. The molecule has 1 aliphatic heterocycles. The summed E-state index contributed by atoms with van der Waals surface area (Å²) >= 11 is 0. The highest BCUT2D eigenvalue weighted by Crippen LogP contribution is 2.38. The molecular formula is C24H29F3N6O3.